The van der Waals surface area contributed by atoms with Crippen molar-refractivity contribution in [1.82, 2.24) is 0 Å². The molecule has 5 saturated heterocycles. The van der Waals surface area contributed by atoms with Crippen LogP contribution in [0.25, 0.3) is 0 Å². The molecular weight excluding hydrogens is 1600 g/mol. The SMILES string of the molecule is C=C=CC1(O)C(OP(P)P)O[C@H](CC)[C@@H]1OPP.C=C=CC1(OP(P)PP)C(OP(P)P)O[C@H](CC)[C@@H]1OPP.CC[C@H]1OC(OP(P)P)C(=O)[C@H]1OPP.[B][C@@H]1O[C@H](CC)[C@H](OPP)C1(C=C=C)OP(P)PP.[B][C@@H]1O[C@H](CO)[C@H](O)C1(O)C=C=CC. The quantitative estimate of drug-likeness (QED) is 0.0310. The maximum atomic E-state index is 11.8. The van der Waals surface area contributed by atoms with Gasteiger partial charge in [-0.25, -0.2) is 0 Å². The molecule has 0 bridgehead atoms. The molecule has 88 heavy (non-hydrogen) atoms. The smallest absolute Gasteiger partial charge is 0.224 e. The van der Waals surface area contributed by atoms with Crippen molar-refractivity contribution in [2.24, 2.45) is 0 Å². The number of hydrogen-bond acceptors (Lipinski definition) is 19. The van der Waals surface area contributed by atoms with Crippen LogP contribution >= 0.6 is 213 Å². The van der Waals surface area contributed by atoms with Crippen LogP contribution in [0.5, 0.6) is 0 Å². The van der Waals surface area contributed by atoms with E-state index in [4.69, 9.17) is 85.2 Å². The largest absolute Gasteiger partial charge is 0.394 e. The van der Waals surface area contributed by atoms with Crippen LogP contribution in [0.15, 0.2) is 73.0 Å². The van der Waals surface area contributed by atoms with Crippen LogP contribution in [0.3, 0.4) is 0 Å². The summed E-state index contributed by atoms with van der Waals surface area (Å²) in [6.07, 6.45) is 4.85. The summed E-state index contributed by atoms with van der Waals surface area (Å²) in [6, 6.07) is -1.62. The molecule has 5 rings (SSSR count). The molecule has 5 aliphatic rings. The van der Waals surface area contributed by atoms with Crippen LogP contribution in [0.4, 0.5) is 0 Å². The number of rotatable bonds is 29. The molecule has 0 spiro atoms. The van der Waals surface area contributed by atoms with Crippen LogP contribution in [0, 0.1) is 0 Å². The van der Waals surface area contributed by atoms with Gasteiger partial charge < -0.3 is 84.8 Å². The second kappa shape index (κ2) is 50.4. The van der Waals surface area contributed by atoms with Crippen molar-refractivity contribution in [3.05, 3.63) is 73.0 Å². The number of carbonyl (C=O) groups excluding carboxylic acids is 1. The van der Waals surface area contributed by atoms with E-state index in [0.29, 0.717) is 15.9 Å². The zero-order valence-corrected chi connectivity index (χ0v) is 75.7. The van der Waals surface area contributed by atoms with Gasteiger partial charge in [-0.2, -0.15) is 0 Å². The molecule has 5 fully saturated rings. The van der Waals surface area contributed by atoms with E-state index in [-0.39, 0.29) is 83.0 Å². The van der Waals surface area contributed by atoms with Gasteiger partial charge in [-0.15, -0.1) is 40.8 Å². The maximum Gasteiger partial charge on any atom is 0.224 e. The van der Waals surface area contributed by atoms with Gasteiger partial charge in [0, 0.05) is 34.0 Å². The first-order valence-electron chi connectivity index (χ1n) is 25.9. The van der Waals surface area contributed by atoms with Crippen LogP contribution in [-0.2, 0) is 69.2 Å². The summed E-state index contributed by atoms with van der Waals surface area (Å²) >= 11 is 0. The van der Waals surface area contributed by atoms with Crippen molar-refractivity contribution in [3.8, 4) is 0 Å². The van der Waals surface area contributed by atoms with Crippen molar-refractivity contribution in [2.45, 2.75) is 175 Å². The molecule has 4 radical (unpaired) electrons. The number of carbonyl (C=O) groups is 1. The average Bonchev–Trinajstić information content (AvgIpc) is 1.95. The lowest BCUT2D eigenvalue weighted by atomic mass is 9.80. The highest BCUT2D eigenvalue weighted by Gasteiger charge is 2.60. The molecule has 4 N–H and O–H groups in total. The van der Waals surface area contributed by atoms with E-state index < -0.39 is 115 Å². The predicted octanol–water partition coefficient (Wildman–Crippen LogP) is 13.4. The Bertz CT molecular complexity index is 2240. The topological polar surface area (TPSA) is 227 Å². The first-order chi connectivity index (χ1) is 41.6. The molecule has 502 valence electrons. The summed E-state index contributed by atoms with van der Waals surface area (Å²) in [5.41, 5.74) is 6.25. The van der Waals surface area contributed by atoms with Crippen LogP contribution in [-0.4, -0.2) is 163 Å². The summed E-state index contributed by atoms with van der Waals surface area (Å²) in [5.74, 6) is -0.103. The van der Waals surface area contributed by atoms with Crippen LogP contribution in [0.1, 0.15) is 60.3 Å². The lowest BCUT2D eigenvalue weighted by Gasteiger charge is -2.36. The highest BCUT2D eigenvalue weighted by molar-refractivity contribution is 8.60. The number of aliphatic hydroxyl groups excluding tert-OH is 2. The fourth-order valence-electron chi connectivity index (χ4n) is 8.72. The molecule has 0 amide bonds. The predicted molar refractivity (Wildman–Crippen MR) is 434 cm³/mol. The Morgan fingerprint density at radius 3 is 1.42 bits per heavy atom. The van der Waals surface area contributed by atoms with E-state index in [0.717, 1.165) is 25.7 Å². The number of aliphatic hydroxyl groups is 4. The van der Waals surface area contributed by atoms with E-state index in [1.807, 2.05) is 20.8 Å². The summed E-state index contributed by atoms with van der Waals surface area (Å²) in [7, 11) is 46.5. The van der Waals surface area contributed by atoms with E-state index in [1.54, 1.807) is 25.2 Å². The third-order valence-electron chi connectivity index (χ3n) is 12.7. The van der Waals surface area contributed by atoms with Gasteiger partial charge in [-0.3, -0.25) is 4.79 Å². The van der Waals surface area contributed by atoms with Gasteiger partial charge in [-0.1, -0.05) is 155 Å². The Hall–Kier alpha value is 7.91. The van der Waals surface area contributed by atoms with Gasteiger partial charge in [0.1, 0.15) is 57.4 Å². The molecule has 0 aromatic carbocycles. The minimum absolute atomic E-state index is 0.0751. The summed E-state index contributed by atoms with van der Waals surface area (Å²) in [4.78, 5) is 11.8. The van der Waals surface area contributed by atoms with Gasteiger partial charge >= 0.3 is 0 Å². The number of ketones is 1. The highest BCUT2D eigenvalue weighted by atomic mass is 32.6. The van der Waals surface area contributed by atoms with E-state index in [9.17, 15) is 20.1 Å². The Balaban J connectivity index is 0.000000555. The third-order valence-corrected chi connectivity index (χ3v) is 36.2. The zero-order valence-electron chi connectivity index (χ0n) is 49.1. The first-order valence-corrected chi connectivity index (χ1v) is 63.4. The van der Waals surface area contributed by atoms with Gasteiger partial charge in [0.2, 0.25) is 12.1 Å². The molecule has 0 aliphatic carbocycles. The van der Waals surface area contributed by atoms with Crippen molar-refractivity contribution < 1.29 is 89.6 Å². The van der Waals surface area contributed by atoms with E-state index >= 15 is 0 Å². The van der Waals surface area contributed by atoms with Crippen molar-refractivity contribution in [1.29, 1.82) is 0 Å². The summed E-state index contributed by atoms with van der Waals surface area (Å²) in [5, 5.41) is 39.1. The second-order valence-electron chi connectivity index (χ2n) is 18.1. The fraction of sp³-hybridized carbons (Fsp3) is 0.690. The van der Waals surface area contributed by atoms with Crippen molar-refractivity contribution in [3.63, 3.8) is 0 Å². The molecule has 46 heteroatoms. The third kappa shape index (κ3) is 28.4. The van der Waals surface area contributed by atoms with Crippen molar-refractivity contribution in [2.75, 3.05) is 6.61 Å². The Labute approximate surface area is 573 Å². The molecule has 0 saturated carbocycles. The number of ether oxygens (including phenoxy) is 5. The van der Waals surface area contributed by atoms with Crippen LogP contribution in [0.2, 0.25) is 0 Å². The molecule has 19 nitrogen and oxygen atoms in total. The minimum atomic E-state index is -1.68. The highest BCUT2D eigenvalue weighted by Crippen LogP contribution is 2.71. The van der Waals surface area contributed by atoms with Gasteiger partial charge in [0.15, 0.2) is 29.9 Å². The lowest BCUT2D eigenvalue weighted by molar-refractivity contribution is -0.137. The van der Waals surface area contributed by atoms with E-state index in [2.05, 4.69) is 175 Å². The standard InChI is InChI=1S/C9H13BO4.C9H19BO3P6.C9H23O4P9.C9H19O4P5.C6H15O4P5/c1-2-3-4-9(13)7(12)6(5-11)14-8(9)10;1-3-5-9(13-19(16)18-15)7(12-17-14)6(4-2)11-8(9)10;1-3-5-9(13-22(18)20-15)7(11-19-14)6(4-2)10-8(9)12-21(16)17;1-3-5-9(10)7(12-17-14)6(4-2)11-8(9)13-18(15)16;1-2-3-5(9-14-11)4(7)6(8-3)10-15(12)13/h2,4,6-8,11-13H,5H2,1H3;5-8,17-18H,1,4,14-16H2,2H3;5-8,19-20H,1,4,14-18H2,2H3;5-8,10,17H,1,4,14-16H2,2H3;3,5-6,14H,2,11-13H2,1H3/t3?,6-,7+,8-,9?;6-,7+,8-,9?,19?;6-,7+,8?,9?,22?;6-,7+,8?,9?;3-,5+,6?/m11111/s1. The fourth-order valence-corrected chi connectivity index (χ4v) is 20.2. The molecule has 0 aromatic heterocycles. The number of hydrogen-bond donors (Lipinski definition) is 4. The zero-order chi connectivity index (χ0) is 67.2. The molecule has 5 heterocycles. The average molecular weight is 1690 g/mol. The first kappa shape index (κ1) is 93.9. The monoisotopic (exact) mass is 1690 g/mol. The van der Waals surface area contributed by atoms with Gasteiger partial charge in [0.25, 0.3) is 0 Å². The molecule has 0 aromatic rings. The van der Waals surface area contributed by atoms with Crippen molar-refractivity contribution >= 4 is 234 Å². The Kier molecular flexibility index (Phi) is 53.8. The Morgan fingerprint density at radius 1 is 0.568 bits per heavy atom. The maximum absolute atomic E-state index is 11.8. The number of Topliss-reactive ketones (excluding diaryl/α,β-unsaturated/α-hetero) is 1. The molecule has 41 atom stereocenters. The molecule has 5 aliphatic heterocycles. The van der Waals surface area contributed by atoms with Gasteiger partial charge in [0.05, 0.1) is 80.7 Å². The summed E-state index contributed by atoms with van der Waals surface area (Å²) in [6.45, 7) is 20.3. The van der Waals surface area contributed by atoms with Crippen LogP contribution < -0.4 is 0 Å². The summed E-state index contributed by atoms with van der Waals surface area (Å²) < 4.78 is 80.5. The lowest BCUT2D eigenvalue weighted by Crippen LogP contribution is -2.48. The molecule has 29 unspecified atom stereocenters. The normalized spacial score (nSPS) is 36.2. The van der Waals surface area contributed by atoms with Gasteiger partial charge in [-0.05, 0) is 78.9 Å². The van der Waals surface area contributed by atoms with E-state index in [1.165, 1.54) is 12.2 Å². The Morgan fingerprint density at radius 2 is 0.989 bits per heavy atom. The molecular formula is C42H89B2O19P25. The minimum Gasteiger partial charge on any atom is -0.394 e. The second-order valence-corrected chi connectivity index (χ2v) is 57.1.